The number of hydrogen-bond donors (Lipinski definition) is 2. The van der Waals surface area contributed by atoms with E-state index < -0.39 is 5.82 Å². The molecular weight excluding hydrogens is 243 g/mol. The summed E-state index contributed by atoms with van der Waals surface area (Å²) in [5.41, 5.74) is 2.78. The van der Waals surface area contributed by atoms with Crippen molar-refractivity contribution in [1.29, 1.82) is 0 Å². The molecule has 0 unspecified atom stereocenters. The summed E-state index contributed by atoms with van der Waals surface area (Å²) in [7, 11) is 3.97. The first-order valence-corrected chi connectivity index (χ1v) is 6.04. The fourth-order valence-electron chi connectivity index (χ4n) is 1.82. The number of nitrogens with one attached hydrogen (secondary N) is 1. The molecule has 0 saturated carbocycles. The van der Waals surface area contributed by atoms with E-state index in [-0.39, 0.29) is 5.75 Å². The van der Waals surface area contributed by atoms with Gasteiger partial charge in [0.25, 0.3) is 0 Å². The van der Waals surface area contributed by atoms with Gasteiger partial charge < -0.3 is 15.3 Å². The minimum absolute atomic E-state index is 0.0558. The van der Waals surface area contributed by atoms with Crippen molar-refractivity contribution < 1.29 is 9.50 Å². The summed E-state index contributed by atoms with van der Waals surface area (Å²) in [4.78, 5) is 2.02. The first-order chi connectivity index (χ1) is 9.04. The molecule has 100 valence electrons. The molecule has 0 heterocycles. The predicted octanol–water partition coefficient (Wildman–Crippen LogP) is 3.21. The van der Waals surface area contributed by atoms with Gasteiger partial charge in [-0.2, -0.15) is 0 Å². The third-order valence-corrected chi connectivity index (χ3v) is 2.82. The maximum atomic E-state index is 13.1. The lowest BCUT2D eigenvalue weighted by Gasteiger charge is -2.13. The molecule has 0 aliphatic carbocycles. The second kappa shape index (κ2) is 5.61. The Bertz CT molecular complexity index is 532. The predicted molar refractivity (Wildman–Crippen MR) is 76.2 cm³/mol. The molecule has 2 rings (SSSR count). The molecule has 0 amide bonds. The molecule has 0 aromatic heterocycles. The Kier molecular flexibility index (Phi) is 3.90. The summed E-state index contributed by atoms with van der Waals surface area (Å²) in [5.74, 6) is -0.487. The molecule has 2 N–H and O–H groups in total. The molecule has 2 aromatic rings. The van der Waals surface area contributed by atoms with Crippen LogP contribution in [-0.4, -0.2) is 19.2 Å². The Morgan fingerprint density at radius 2 is 1.79 bits per heavy atom. The Hall–Kier alpha value is -2.23. The third-order valence-electron chi connectivity index (χ3n) is 2.82. The molecule has 0 aliphatic heterocycles. The zero-order chi connectivity index (χ0) is 13.8. The second-order valence-electron chi connectivity index (χ2n) is 4.61. The standard InChI is InChI=1S/C15H17FN2O/c1-18(2)14-5-3-13(4-6-14)17-10-11-7-12(16)9-15(19)8-11/h3-9,17,19H,10H2,1-2H3. The highest BCUT2D eigenvalue weighted by atomic mass is 19.1. The number of phenols is 1. The maximum absolute atomic E-state index is 13.1. The third kappa shape index (κ3) is 3.61. The lowest BCUT2D eigenvalue weighted by Crippen LogP contribution is -2.08. The molecule has 2 aromatic carbocycles. The fraction of sp³-hybridized carbons (Fsp3) is 0.200. The summed E-state index contributed by atoms with van der Waals surface area (Å²) in [6.45, 7) is 0.465. The van der Waals surface area contributed by atoms with Gasteiger partial charge in [-0.15, -0.1) is 0 Å². The van der Waals surface area contributed by atoms with Gasteiger partial charge in [-0.05, 0) is 42.0 Å². The van der Waals surface area contributed by atoms with Gasteiger partial charge >= 0.3 is 0 Å². The SMILES string of the molecule is CN(C)c1ccc(NCc2cc(O)cc(F)c2)cc1. The minimum Gasteiger partial charge on any atom is -0.508 e. The lowest BCUT2D eigenvalue weighted by atomic mass is 10.2. The summed E-state index contributed by atoms with van der Waals surface area (Å²) in [6.07, 6.45) is 0. The largest absolute Gasteiger partial charge is 0.508 e. The van der Waals surface area contributed by atoms with E-state index in [9.17, 15) is 9.50 Å². The van der Waals surface area contributed by atoms with Gasteiger partial charge in [0.1, 0.15) is 11.6 Å². The number of hydrogen-bond acceptors (Lipinski definition) is 3. The normalized spacial score (nSPS) is 10.3. The Labute approximate surface area is 112 Å². The fourth-order valence-corrected chi connectivity index (χ4v) is 1.82. The molecule has 19 heavy (non-hydrogen) atoms. The number of halogens is 1. The van der Waals surface area contributed by atoms with E-state index in [1.807, 2.05) is 43.3 Å². The van der Waals surface area contributed by atoms with Crippen LogP contribution in [0.3, 0.4) is 0 Å². The average Bonchev–Trinajstić information content (AvgIpc) is 2.36. The molecule has 0 spiro atoms. The number of phenolic OH excluding ortho intramolecular Hbond substituents is 1. The van der Waals surface area contributed by atoms with Crippen LogP contribution in [0.5, 0.6) is 5.75 Å². The molecule has 3 nitrogen and oxygen atoms in total. The highest BCUT2D eigenvalue weighted by molar-refractivity contribution is 5.54. The van der Waals surface area contributed by atoms with Crippen molar-refractivity contribution in [1.82, 2.24) is 0 Å². The van der Waals surface area contributed by atoms with Crippen molar-refractivity contribution in [2.75, 3.05) is 24.3 Å². The zero-order valence-corrected chi connectivity index (χ0v) is 11.0. The van der Waals surface area contributed by atoms with E-state index in [0.717, 1.165) is 17.4 Å². The maximum Gasteiger partial charge on any atom is 0.127 e. The molecule has 0 aliphatic rings. The van der Waals surface area contributed by atoms with Crippen LogP contribution in [0.15, 0.2) is 42.5 Å². The van der Waals surface area contributed by atoms with Crippen LogP contribution in [-0.2, 0) is 6.54 Å². The van der Waals surface area contributed by atoms with Crippen molar-refractivity contribution in [2.45, 2.75) is 6.54 Å². The van der Waals surface area contributed by atoms with Gasteiger partial charge in [-0.3, -0.25) is 0 Å². The zero-order valence-electron chi connectivity index (χ0n) is 11.0. The second-order valence-corrected chi connectivity index (χ2v) is 4.61. The quantitative estimate of drug-likeness (QED) is 0.886. The molecule has 0 atom stereocenters. The Morgan fingerprint density at radius 3 is 2.37 bits per heavy atom. The van der Waals surface area contributed by atoms with Crippen LogP contribution in [0.1, 0.15) is 5.56 Å². The van der Waals surface area contributed by atoms with Crippen molar-refractivity contribution >= 4 is 11.4 Å². The van der Waals surface area contributed by atoms with Crippen LogP contribution >= 0.6 is 0 Å². The number of benzene rings is 2. The minimum atomic E-state index is -0.431. The first kappa shape index (κ1) is 13.2. The number of anilines is 2. The van der Waals surface area contributed by atoms with Gasteiger partial charge in [0.05, 0.1) is 0 Å². The highest BCUT2D eigenvalue weighted by Gasteiger charge is 2.00. The van der Waals surface area contributed by atoms with E-state index in [2.05, 4.69) is 5.32 Å². The van der Waals surface area contributed by atoms with Crippen LogP contribution in [0.2, 0.25) is 0 Å². The summed E-state index contributed by atoms with van der Waals surface area (Å²) in [5, 5.41) is 12.5. The average molecular weight is 260 g/mol. The monoisotopic (exact) mass is 260 g/mol. The van der Waals surface area contributed by atoms with E-state index in [4.69, 9.17) is 0 Å². The van der Waals surface area contributed by atoms with Crippen LogP contribution < -0.4 is 10.2 Å². The van der Waals surface area contributed by atoms with Gasteiger partial charge in [-0.1, -0.05) is 0 Å². The van der Waals surface area contributed by atoms with Gasteiger partial charge in [0, 0.05) is 38.1 Å². The Balaban J connectivity index is 2.02. The highest BCUT2D eigenvalue weighted by Crippen LogP contribution is 2.18. The molecule has 4 heteroatoms. The Morgan fingerprint density at radius 1 is 1.11 bits per heavy atom. The van der Waals surface area contributed by atoms with Crippen molar-refractivity contribution in [2.24, 2.45) is 0 Å². The number of nitrogens with zero attached hydrogens (tertiary/aromatic N) is 1. The van der Waals surface area contributed by atoms with E-state index in [0.29, 0.717) is 12.1 Å². The number of rotatable bonds is 4. The van der Waals surface area contributed by atoms with Crippen molar-refractivity contribution in [3.05, 3.63) is 53.8 Å². The lowest BCUT2D eigenvalue weighted by molar-refractivity contribution is 0.468. The van der Waals surface area contributed by atoms with E-state index in [1.165, 1.54) is 6.07 Å². The van der Waals surface area contributed by atoms with Crippen molar-refractivity contribution in [3.8, 4) is 5.75 Å². The van der Waals surface area contributed by atoms with E-state index >= 15 is 0 Å². The van der Waals surface area contributed by atoms with Gasteiger partial charge in [0.2, 0.25) is 0 Å². The first-order valence-electron chi connectivity index (χ1n) is 6.04. The topological polar surface area (TPSA) is 35.5 Å². The molecule has 0 bridgehead atoms. The molecule has 0 radical (unpaired) electrons. The summed E-state index contributed by atoms with van der Waals surface area (Å²) in [6, 6.07) is 12.0. The van der Waals surface area contributed by atoms with Gasteiger partial charge in [-0.25, -0.2) is 4.39 Å². The van der Waals surface area contributed by atoms with Gasteiger partial charge in [0.15, 0.2) is 0 Å². The summed E-state index contributed by atoms with van der Waals surface area (Å²) < 4.78 is 13.1. The molecule has 0 fully saturated rings. The van der Waals surface area contributed by atoms with Crippen molar-refractivity contribution in [3.63, 3.8) is 0 Å². The number of aromatic hydroxyl groups is 1. The molecule has 0 saturated heterocycles. The molecular formula is C15H17FN2O. The summed E-state index contributed by atoms with van der Waals surface area (Å²) >= 11 is 0. The smallest absolute Gasteiger partial charge is 0.127 e. The van der Waals surface area contributed by atoms with E-state index in [1.54, 1.807) is 6.07 Å². The van der Waals surface area contributed by atoms with Crippen LogP contribution in [0.4, 0.5) is 15.8 Å². The van der Waals surface area contributed by atoms with Crippen LogP contribution in [0, 0.1) is 5.82 Å². The van der Waals surface area contributed by atoms with Crippen LogP contribution in [0.25, 0.3) is 0 Å².